The SMILES string of the molecule is CCCC[n+]1noc([O-])c1C1=CC=CCC1=N.Cl. The Morgan fingerprint density at radius 3 is 3.00 bits per heavy atom. The van der Waals surface area contributed by atoms with Crippen molar-refractivity contribution < 1.29 is 14.3 Å². The van der Waals surface area contributed by atoms with Crippen LogP contribution in [0.1, 0.15) is 31.9 Å². The molecule has 1 aromatic heterocycles. The van der Waals surface area contributed by atoms with Gasteiger partial charge in [0.05, 0.1) is 10.8 Å². The fourth-order valence-corrected chi connectivity index (χ4v) is 1.77. The second kappa shape index (κ2) is 6.35. The maximum atomic E-state index is 11.6. The van der Waals surface area contributed by atoms with Gasteiger partial charge in [-0.2, -0.15) is 0 Å². The van der Waals surface area contributed by atoms with Crippen LogP contribution in [0.4, 0.5) is 0 Å². The first-order valence-corrected chi connectivity index (χ1v) is 5.75. The number of aryl methyl sites for hydroxylation is 1. The van der Waals surface area contributed by atoms with Crippen molar-refractivity contribution in [2.24, 2.45) is 0 Å². The van der Waals surface area contributed by atoms with E-state index in [0.29, 0.717) is 29.9 Å². The van der Waals surface area contributed by atoms with E-state index in [9.17, 15) is 5.11 Å². The van der Waals surface area contributed by atoms with Gasteiger partial charge in [-0.1, -0.05) is 30.2 Å². The highest BCUT2D eigenvalue weighted by Gasteiger charge is 2.24. The molecule has 98 valence electrons. The molecule has 1 aliphatic carbocycles. The molecule has 1 N–H and O–H groups in total. The van der Waals surface area contributed by atoms with Crippen molar-refractivity contribution in [1.29, 1.82) is 5.41 Å². The molecular weight excluding hydrogens is 254 g/mol. The number of allylic oxidation sites excluding steroid dienone is 4. The lowest BCUT2D eigenvalue weighted by Crippen LogP contribution is -2.40. The molecule has 0 radical (unpaired) electrons. The van der Waals surface area contributed by atoms with E-state index >= 15 is 0 Å². The summed E-state index contributed by atoms with van der Waals surface area (Å²) in [6.45, 7) is 2.72. The summed E-state index contributed by atoms with van der Waals surface area (Å²) in [6.07, 6.45) is 8.00. The Bertz CT molecular complexity index is 492. The molecule has 0 saturated carbocycles. The van der Waals surface area contributed by atoms with Crippen molar-refractivity contribution in [2.45, 2.75) is 32.7 Å². The Hall–Kier alpha value is -1.62. The number of nitrogens with one attached hydrogen (secondary N) is 1. The Labute approximate surface area is 112 Å². The molecule has 0 bridgehead atoms. The monoisotopic (exact) mass is 269 g/mol. The minimum absolute atomic E-state index is 0. The van der Waals surface area contributed by atoms with Crippen molar-refractivity contribution in [3.8, 4) is 5.95 Å². The van der Waals surface area contributed by atoms with Crippen LogP contribution in [0.15, 0.2) is 22.8 Å². The van der Waals surface area contributed by atoms with E-state index in [2.05, 4.69) is 12.2 Å². The zero-order valence-corrected chi connectivity index (χ0v) is 11.0. The highest BCUT2D eigenvalue weighted by molar-refractivity contribution is 6.23. The molecule has 0 fully saturated rings. The molecule has 0 unspecified atom stereocenters. The molecular formula is C12H16ClN3O2. The van der Waals surface area contributed by atoms with Gasteiger partial charge < -0.3 is 15.0 Å². The largest absolute Gasteiger partial charge is 0.539 e. The summed E-state index contributed by atoms with van der Waals surface area (Å²) in [5.74, 6) is -0.465. The van der Waals surface area contributed by atoms with E-state index in [-0.39, 0.29) is 12.4 Å². The molecule has 0 saturated heterocycles. The molecule has 0 spiro atoms. The molecule has 0 amide bonds. The maximum absolute atomic E-state index is 11.6. The van der Waals surface area contributed by atoms with E-state index in [1.54, 1.807) is 10.8 Å². The molecule has 5 nitrogen and oxygen atoms in total. The van der Waals surface area contributed by atoms with E-state index < -0.39 is 5.95 Å². The fourth-order valence-electron chi connectivity index (χ4n) is 1.77. The fraction of sp³-hybridized carbons (Fsp3) is 0.417. The molecule has 0 aliphatic heterocycles. The van der Waals surface area contributed by atoms with Crippen LogP contribution in [0.3, 0.4) is 0 Å². The average molecular weight is 270 g/mol. The summed E-state index contributed by atoms with van der Waals surface area (Å²) in [5, 5.41) is 23.2. The molecule has 1 aliphatic rings. The van der Waals surface area contributed by atoms with Crippen LogP contribution < -0.4 is 9.79 Å². The summed E-state index contributed by atoms with van der Waals surface area (Å²) in [4.78, 5) is 0. The third-order valence-electron chi connectivity index (χ3n) is 2.70. The van der Waals surface area contributed by atoms with Crippen LogP contribution in [-0.4, -0.2) is 11.0 Å². The number of nitrogens with zero attached hydrogens (tertiary/aromatic N) is 2. The summed E-state index contributed by atoms with van der Waals surface area (Å²) in [6, 6.07) is 0. The number of halogens is 1. The van der Waals surface area contributed by atoms with E-state index in [1.165, 1.54) is 0 Å². The standard InChI is InChI=1S/C12H15N3O2.ClH/c1-2-3-8-15-11(12(16)17-14-15)9-6-4-5-7-10(9)13;/h4-6,13H,2-3,7-8H2,1H3;1H. The summed E-state index contributed by atoms with van der Waals surface area (Å²) in [5.41, 5.74) is 1.45. The van der Waals surface area contributed by atoms with Crippen molar-refractivity contribution in [3.63, 3.8) is 0 Å². The zero-order valence-electron chi connectivity index (χ0n) is 10.2. The number of hydrogen-bond acceptors (Lipinski definition) is 4. The second-order valence-corrected chi connectivity index (χ2v) is 3.98. The van der Waals surface area contributed by atoms with Gasteiger partial charge in [-0.05, 0) is 6.08 Å². The van der Waals surface area contributed by atoms with Crippen molar-refractivity contribution in [2.75, 3.05) is 0 Å². The molecule has 2 rings (SSSR count). The number of unbranched alkanes of at least 4 members (excludes halogenated alkanes) is 1. The quantitative estimate of drug-likeness (QED) is 0.844. The molecule has 6 heteroatoms. The van der Waals surface area contributed by atoms with E-state index in [0.717, 1.165) is 12.8 Å². The highest BCUT2D eigenvalue weighted by atomic mass is 35.5. The first-order valence-electron chi connectivity index (χ1n) is 5.75. The number of hydrogen-bond donors (Lipinski definition) is 1. The van der Waals surface area contributed by atoms with E-state index in [1.807, 2.05) is 12.2 Å². The van der Waals surface area contributed by atoms with Crippen LogP contribution in [0, 0.1) is 5.41 Å². The molecule has 18 heavy (non-hydrogen) atoms. The van der Waals surface area contributed by atoms with Gasteiger partial charge >= 0.3 is 0 Å². The Morgan fingerprint density at radius 1 is 1.56 bits per heavy atom. The van der Waals surface area contributed by atoms with Crippen LogP contribution in [0.25, 0.3) is 5.57 Å². The maximum Gasteiger partial charge on any atom is 0.265 e. The van der Waals surface area contributed by atoms with Gasteiger partial charge in [-0.3, -0.25) is 0 Å². The van der Waals surface area contributed by atoms with Gasteiger partial charge in [0.2, 0.25) is 0 Å². The third-order valence-corrected chi connectivity index (χ3v) is 2.70. The highest BCUT2D eigenvalue weighted by Crippen LogP contribution is 2.23. The minimum atomic E-state index is -0.465. The van der Waals surface area contributed by atoms with Crippen molar-refractivity contribution in [1.82, 2.24) is 5.27 Å². The van der Waals surface area contributed by atoms with Crippen molar-refractivity contribution >= 4 is 23.7 Å². The van der Waals surface area contributed by atoms with Gasteiger partial charge in [0.25, 0.3) is 5.69 Å². The second-order valence-electron chi connectivity index (χ2n) is 3.98. The van der Waals surface area contributed by atoms with Gasteiger partial charge in [-0.25, -0.2) is 0 Å². The van der Waals surface area contributed by atoms with Crippen LogP contribution in [0.5, 0.6) is 5.95 Å². The summed E-state index contributed by atoms with van der Waals surface area (Å²) >= 11 is 0. The Morgan fingerprint density at radius 2 is 2.33 bits per heavy atom. The van der Waals surface area contributed by atoms with Crippen LogP contribution in [0.2, 0.25) is 0 Å². The number of rotatable bonds is 4. The molecule has 0 aromatic carbocycles. The van der Waals surface area contributed by atoms with Crippen LogP contribution in [-0.2, 0) is 6.54 Å². The predicted molar refractivity (Wildman–Crippen MR) is 67.8 cm³/mol. The Kier molecular flexibility index (Phi) is 5.09. The van der Waals surface area contributed by atoms with Crippen LogP contribution >= 0.6 is 12.4 Å². The average Bonchev–Trinajstić information content (AvgIpc) is 2.69. The van der Waals surface area contributed by atoms with Gasteiger partial charge in [0.1, 0.15) is 0 Å². The Balaban J connectivity index is 0.00000162. The molecule has 1 heterocycles. The minimum Gasteiger partial charge on any atom is -0.539 e. The smallest absolute Gasteiger partial charge is 0.265 e. The lowest BCUT2D eigenvalue weighted by molar-refractivity contribution is -0.764. The summed E-state index contributed by atoms with van der Waals surface area (Å²) in [7, 11) is 0. The first kappa shape index (κ1) is 14.4. The third kappa shape index (κ3) is 2.79. The van der Waals surface area contributed by atoms with Gasteiger partial charge in [-0.15, -0.1) is 12.4 Å². The van der Waals surface area contributed by atoms with Crippen molar-refractivity contribution in [3.05, 3.63) is 23.9 Å². The zero-order chi connectivity index (χ0) is 12.3. The topological polar surface area (TPSA) is 76.8 Å². The molecule has 1 aromatic rings. The lowest BCUT2D eigenvalue weighted by Gasteiger charge is -2.07. The first-order chi connectivity index (χ1) is 8.24. The van der Waals surface area contributed by atoms with E-state index in [4.69, 9.17) is 9.93 Å². The van der Waals surface area contributed by atoms with Gasteiger partial charge in [0.15, 0.2) is 12.5 Å². The normalized spacial score (nSPS) is 14.3. The lowest BCUT2D eigenvalue weighted by atomic mass is 10.00. The number of aromatic nitrogens is 2. The van der Waals surface area contributed by atoms with Gasteiger partial charge in [0, 0.05) is 18.6 Å². The molecule has 0 atom stereocenters. The summed E-state index contributed by atoms with van der Waals surface area (Å²) < 4.78 is 6.25. The predicted octanol–water partition coefficient (Wildman–Crippen LogP) is 1.62.